The molecule has 0 fully saturated rings. The Balaban J connectivity index is 2.99. The van der Waals surface area contributed by atoms with Crippen molar-refractivity contribution < 1.29 is 0 Å². The van der Waals surface area contributed by atoms with Gasteiger partial charge in [0.1, 0.15) is 0 Å². The second-order valence-corrected chi connectivity index (χ2v) is 3.97. The Labute approximate surface area is 94.5 Å². The van der Waals surface area contributed by atoms with Crippen LogP contribution < -0.4 is 11.3 Å². The van der Waals surface area contributed by atoms with Crippen molar-refractivity contribution in [3.8, 4) is 0 Å². The largest absolute Gasteiger partial charge is 0.326 e. The third-order valence-corrected chi connectivity index (χ3v) is 2.98. The van der Waals surface area contributed by atoms with Crippen molar-refractivity contribution in [3.05, 3.63) is 45.9 Å². The molecular weight excluding hydrogens is 200 g/mol. The highest BCUT2D eigenvalue weighted by Crippen LogP contribution is 2.19. The first-order valence-electron chi connectivity index (χ1n) is 5.49. The number of nitrogens with zero attached hydrogens (tertiary/aromatic N) is 1. The predicted molar refractivity (Wildman–Crippen MR) is 66.5 cm³/mol. The molecule has 2 rings (SSSR count). The van der Waals surface area contributed by atoms with Crippen LogP contribution in [0.15, 0.2) is 29.2 Å². The minimum atomic E-state index is 0.0354. The van der Waals surface area contributed by atoms with Crippen LogP contribution in [0.3, 0.4) is 0 Å². The third-order valence-electron chi connectivity index (χ3n) is 2.98. The lowest BCUT2D eigenvalue weighted by atomic mass is 10.0. The van der Waals surface area contributed by atoms with Crippen LogP contribution in [0.25, 0.3) is 10.8 Å². The van der Waals surface area contributed by atoms with Gasteiger partial charge in [0.25, 0.3) is 5.56 Å². The highest BCUT2D eigenvalue weighted by molar-refractivity contribution is 5.87. The van der Waals surface area contributed by atoms with E-state index in [2.05, 4.69) is 6.92 Å². The molecule has 84 valence electrons. The van der Waals surface area contributed by atoms with Crippen LogP contribution in [0.5, 0.6) is 0 Å². The molecule has 16 heavy (non-hydrogen) atoms. The quantitative estimate of drug-likeness (QED) is 0.828. The van der Waals surface area contributed by atoms with Gasteiger partial charge >= 0.3 is 0 Å². The zero-order chi connectivity index (χ0) is 11.7. The van der Waals surface area contributed by atoms with Crippen LogP contribution in [0, 0.1) is 0 Å². The average molecular weight is 216 g/mol. The minimum Gasteiger partial charge on any atom is -0.326 e. The molecule has 0 radical (unpaired) electrons. The fourth-order valence-corrected chi connectivity index (χ4v) is 2.11. The third kappa shape index (κ3) is 1.53. The summed E-state index contributed by atoms with van der Waals surface area (Å²) in [6.45, 7) is 2.49. The van der Waals surface area contributed by atoms with Gasteiger partial charge in [0.2, 0.25) is 0 Å². The number of rotatable bonds is 2. The van der Waals surface area contributed by atoms with Crippen LogP contribution in [0.4, 0.5) is 0 Å². The molecule has 0 aliphatic heterocycles. The normalized spacial score (nSPS) is 10.9. The van der Waals surface area contributed by atoms with Crippen LogP contribution in [-0.2, 0) is 20.0 Å². The number of pyridine rings is 1. The number of benzene rings is 1. The molecule has 0 saturated carbocycles. The molecule has 0 bridgehead atoms. The standard InChI is InChI=1S/C13H16N2O/c1-3-9-8-15(2)13(16)12-10(7-14)5-4-6-11(9)12/h4-6,8H,3,7,14H2,1-2H3. The fraction of sp³-hybridized carbons (Fsp3) is 0.308. The Morgan fingerprint density at radius 1 is 1.31 bits per heavy atom. The van der Waals surface area contributed by atoms with Crippen LogP contribution in [0.1, 0.15) is 18.1 Å². The molecule has 1 heterocycles. The van der Waals surface area contributed by atoms with Crippen molar-refractivity contribution in [2.24, 2.45) is 12.8 Å². The molecule has 0 unspecified atom stereocenters. The molecule has 3 heteroatoms. The Bertz CT molecular complexity index is 584. The topological polar surface area (TPSA) is 48.0 Å². The molecule has 2 aromatic rings. The van der Waals surface area contributed by atoms with Gasteiger partial charge in [0.05, 0.1) is 5.39 Å². The van der Waals surface area contributed by atoms with Crippen LogP contribution >= 0.6 is 0 Å². The molecule has 1 aromatic carbocycles. The summed E-state index contributed by atoms with van der Waals surface area (Å²) in [4.78, 5) is 12.1. The van der Waals surface area contributed by atoms with E-state index in [9.17, 15) is 4.79 Å². The molecule has 3 nitrogen and oxygen atoms in total. The van der Waals surface area contributed by atoms with E-state index in [1.165, 1.54) is 5.56 Å². The lowest BCUT2D eigenvalue weighted by Gasteiger charge is -2.10. The number of aromatic nitrogens is 1. The van der Waals surface area contributed by atoms with E-state index in [4.69, 9.17) is 5.73 Å². The molecule has 0 saturated heterocycles. The van der Waals surface area contributed by atoms with Gasteiger partial charge in [-0.2, -0.15) is 0 Å². The first-order chi connectivity index (χ1) is 7.69. The van der Waals surface area contributed by atoms with Gasteiger partial charge in [0, 0.05) is 19.8 Å². The number of nitrogens with two attached hydrogens (primary N) is 1. The summed E-state index contributed by atoms with van der Waals surface area (Å²) in [6.07, 6.45) is 2.82. The molecule has 0 aliphatic rings. The molecule has 0 aliphatic carbocycles. The van der Waals surface area contributed by atoms with Crippen molar-refractivity contribution in [1.82, 2.24) is 4.57 Å². The first kappa shape index (κ1) is 10.9. The van der Waals surface area contributed by atoms with Gasteiger partial charge in [-0.3, -0.25) is 4.79 Å². The van der Waals surface area contributed by atoms with E-state index < -0.39 is 0 Å². The van der Waals surface area contributed by atoms with Gasteiger partial charge in [-0.05, 0) is 22.9 Å². The Hall–Kier alpha value is -1.61. The van der Waals surface area contributed by atoms with E-state index in [0.717, 1.165) is 22.8 Å². The Kier molecular flexibility index (Phi) is 2.79. The van der Waals surface area contributed by atoms with Crippen molar-refractivity contribution in [2.45, 2.75) is 19.9 Å². The molecule has 0 atom stereocenters. The monoisotopic (exact) mass is 216 g/mol. The van der Waals surface area contributed by atoms with Crippen LogP contribution in [0.2, 0.25) is 0 Å². The number of hydrogen-bond acceptors (Lipinski definition) is 2. The smallest absolute Gasteiger partial charge is 0.258 e. The summed E-state index contributed by atoms with van der Waals surface area (Å²) in [5.74, 6) is 0. The molecule has 0 amide bonds. The van der Waals surface area contributed by atoms with Gasteiger partial charge in [-0.1, -0.05) is 25.1 Å². The molecule has 1 aromatic heterocycles. The van der Waals surface area contributed by atoms with Crippen LogP contribution in [-0.4, -0.2) is 4.57 Å². The van der Waals surface area contributed by atoms with Gasteiger partial charge < -0.3 is 10.3 Å². The summed E-state index contributed by atoms with van der Waals surface area (Å²) in [6, 6.07) is 5.88. The molecular formula is C13H16N2O. The zero-order valence-corrected chi connectivity index (χ0v) is 9.66. The molecule has 0 spiro atoms. The summed E-state index contributed by atoms with van der Waals surface area (Å²) >= 11 is 0. The minimum absolute atomic E-state index is 0.0354. The van der Waals surface area contributed by atoms with Crippen molar-refractivity contribution in [1.29, 1.82) is 0 Å². The fourth-order valence-electron chi connectivity index (χ4n) is 2.11. The maximum atomic E-state index is 12.1. The predicted octanol–water partition coefficient (Wildman–Crippen LogP) is 1.56. The second kappa shape index (κ2) is 4.10. The first-order valence-corrected chi connectivity index (χ1v) is 5.49. The van der Waals surface area contributed by atoms with Gasteiger partial charge in [0.15, 0.2) is 0 Å². The highest BCUT2D eigenvalue weighted by atomic mass is 16.1. The van der Waals surface area contributed by atoms with E-state index in [1.807, 2.05) is 24.4 Å². The van der Waals surface area contributed by atoms with Gasteiger partial charge in [-0.25, -0.2) is 0 Å². The maximum Gasteiger partial charge on any atom is 0.258 e. The van der Waals surface area contributed by atoms with E-state index in [0.29, 0.717) is 6.54 Å². The van der Waals surface area contributed by atoms with Crippen molar-refractivity contribution >= 4 is 10.8 Å². The molecule has 2 N–H and O–H groups in total. The van der Waals surface area contributed by atoms with E-state index in [1.54, 1.807) is 11.6 Å². The number of hydrogen-bond donors (Lipinski definition) is 1. The average Bonchev–Trinajstić information content (AvgIpc) is 2.32. The summed E-state index contributed by atoms with van der Waals surface area (Å²) in [5.41, 5.74) is 7.83. The number of aryl methyl sites for hydroxylation is 2. The lowest BCUT2D eigenvalue weighted by molar-refractivity contribution is 0.854. The lowest BCUT2D eigenvalue weighted by Crippen LogP contribution is -2.19. The van der Waals surface area contributed by atoms with Crippen molar-refractivity contribution in [2.75, 3.05) is 0 Å². The second-order valence-electron chi connectivity index (χ2n) is 3.97. The number of fused-ring (bicyclic) bond motifs is 1. The zero-order valence-electron chi connectivity index (χ0n) is 9.66. The van der Waals surface area contributed by atoms with Gasteiger partial charge in [-0.15, -0.1) is 0 Å². The summed E-state index contributed by atoms with van der Waals surface area (Å²) in [5, 5.41) is 1.81. The maximum absolute atomic E-state index is 12.1. The summed E-state index contributed by atoms with van der Waals surface area (Å²) in [7, 11) is 1.79. The SMILES string of the molecule is CCc1cn(C)c(=O)c2c(CN)cccc12. The summed E-state index contributed by atoms with van der Waals surface area (Å²) < 4.78 is 1.64. The van der Waals surface area contributed by atoms with E-state index >= 15 is 0 Å². The highest BCUT2D eigenvalue weighted by Gasteiger charge is 2.08. The Morgan fingerprint density at radius 2 is 2.06 bits per heavy atom. The van der Waals surface area contributed by atoms with Crippen molar-refractivity contribution in [3.63, 3.8) is 0 Å². The van der Waals surface area contributed by atoms with E-state index in [-0.39, 0.29) is 5.56 Å². The Morgan fingerprint density at radius 3 is 2.69 bits per heavy atom.